The predicted molar refractivity (Wildman–Crippen MR) is 107 cm³/mol. The number of Topliss-reactive ketones (excluding diaryl/α,β-unsaturated/α-hetero) is 1. The van der Waals surface area contributed by atoms with Gasteiger partial charge in [-0.05, 0) is 31.5 Å². The van der Waals surface area contributed by atoms with Crippen LogP contribution in [0.15, 0.2) is 36.9 Å². The van der Waals surface area contributed by atoms with Gasteiger partial charge in [0.15, 0.2) is 11.4 Å². The van der Waals surface area contributed by atoms with E-state index in [9.17, 15) is 4.79 Å². The molecule has 0 aliphatic carbocycles. The van der Waals surface area contributed by atoms with Crippen LogP contribution in [0.2, 0.25) is 5.02 Å². The van der Waals surface area contributed by atoms with Crippen molar-refractivity contribution in [1.82, 2.24) is 24.6 Å². The van der Waals surface area contributed by atoms with Crippen molar-refractivity contribution < 1.29 is 4.79 Å². The van der Waals surface area contributed by atoms with E-state index in [0.29, 0.717) is 16.3 Å². The summed E-state index contributed by atoms with van der Waals surface area (Å²) in [5, 5.41) is 5.66. The van der Waals surface area contributed by atoms with Crippen molar-refractivity contribution in [3.05, 3.63) is 53.2 Å². The van der Waals surface area contributed by atoms with E-state index in [0.717, 1.165) is 37.2 Å². The minimum absolute atomic E-state index is 0.0326. The standard InChI is InChI=1S/C19H12ClN5OS/c1-9-13(10(2)26)14(11-3-5-12(20)6-4-11)15-16-17(27-19(15)24-9)18-21-7-23-25(18)8-22-16/h3-8H,1-2H3. The zero-order valence-electron chi connectivity index (χ0n) is 14.4. The van der Waals surface area contributed by atoms with Gasteiger partial charge in [-0.25, -0.2) is 19.5 Å². The Morgan fingerprint density at radius 1 is 1.19 bits per heavy atom. The number of carbonyl (C=O) groups is 1. The van der Waals surface area contributed by atoms with Gasteiger partial charge in [0, 0.05) is 21.5 Å². The van der Waals surface area contributed by atoms with Crippen molar-refractivity contribution in [2.24, 2.45) is 0 Å². The molecule has 0 fully saturated rings. The lowest BCUT2D eigenvalue weighted by Crippen LogP contribution is -2.03. The van der Waals surface area contributed by atoms with Gasteiger partial charge in [-0.15, -0.1) is 11.3 Å². The van der Waals surface area contributed by atoms with Gasteiger partial charge < -0.3 is 0 Å². The number of nitrogens with zero attached hydrogens (tertiary/aromatic N) is 5. The van der Waals surface area contributed by atoms with Crippen molar-refractivity contribution in [2.75, 3.05) is 0 Å². The van der Waals surface area contributed by atoms with Gasteiger partial charge in [0.1, 0.15) is 22.2 Å². The van der Waals surface area contributed by atoms with Crippen LogP contribution in [0.25, 0.3) is 37.2 Å². The number of hydrogen-bond donors (Lipinski definition) is 0. The van der Waals surface area contributed by atoms with E-state index in [1.54, 1.807) is 17.8 Å². The molecule has 5 aromatic rings. The van der Waals surface area contributed by atoms with E-state index in [-0.39, 0.29) is 5.78 Å². The highest BCUT2D eigenvalue weighted by Crippen LogP contribution is 2.42. The normalized spacial score (nSPS) is 11.7. The Labute approximate surface area is 162 Å². The molecule has 0 aliphatic heterocycles. The number of halogens is 1. The number of aromatic nitrogens is 5. The van der Waals surface area contributed by atoms with Crippen molar-refractivity contribution >= 4 is 54.8 Å². The van der Waals surface area contributed by atoms with Crippen LogP contribution in [-0.2, 0) is 0 Å². The lowest BCUT2D eigenvalue weighted by Gasteiger charge is -2.12. The fourth-order valence-corrected chi connectivity index (χ4v) is 4.74. The lowest BCUT2D eigenvalue weighted by atomic mass is 9.94. The molecule has 1 aromatic carbocycles. The molecule has 0 aliphatic rings. The molecule has 4 aromatic heterocycles. The van der Waals surface area contributed by atoms with Crippen LogP contribution in [-0.4, -0.2) is 30.3 Å². The number of pyridine rings is 1. The van der Waals surface area contributed by atoms with Crippen molar-refractivity contribution in [3.8, 4) is 11.1 Å². The molecule has 0 saturated heterocycles. The third kappa shape index (κ3) is 2.35. The third-order valence-electron chi connectivity index (χ3n) is 4.55. The van der Waals surface area contributed by atoms with Gasteiger partial charge in [0.2, 0.25) is 0 Å². The molecular formula is C19H12ClN5OS. The SMILES string of the molecule is CC(=O)c1c(C)nc2sc3c(ncn4ncnc34)c2c1-c1ccc(Cl)cc1. The molecule has 0 atom stereocenters. The van der Waals surface area contributed by atoms with Crippen molar-refractivity contribution in [1.29, 1.82) is 0 Å². The number of rotatable bonds is 2. The first kappa shape index (κ1) is 16.3. The fraction of sp³-hybridized carbons (Fsp3) is 0.105. The Hall–Kier alpha value is -2.90. The average molecular weight is 394 g/mol. The maximum absolute atomic E-state index is 12.5. The highest BCUT2D eigenvalue weighted by molar-refractivity contribution is 7.26. The Morgan fingerprint density at radius 3 is 2.70 bits per heavy atom. The number of aryl methyl sites for hydroxylation is 1. The zero-order chi connectivity index (χ0) is 18.7. The van der Waals surface area contributed by atoms with Crippen LogP contribution >= 0.6 is 22.9 Å². The third-order valence-corrected chi connectivity index (χ3v) is 5.87. The highest BCUT2D eigenvalue weighted by atomic mass is 35.5. The molecule has 0 N–H and O–H groups in total. The van der Waals surface area contributed by atoms with Crippen LogP contribution in [0, 0.1) is 6.92 Å². The summed E-state index contributed by atoms with van der Waals surface area (Å²) in [6.07, 6.45) is 3.14. The zero-order valence-corrected chi connectivity index (χ0v) is 16.0. The molecule has 0 bridgehead atoms. The lowest BCUT2D eigenvalue weighted by molar-refractivity contribution is 0.101. The van der Waals surface area contributed by atoms with Crippen LogP contribution in [0.5, 0.6) is 0 Å². The van der Waals surface area contributed by atoms with E-state index in [1.807, 2.05) is 31.2 Å². The first-order valence-corrected chi connectivity index (χ1v) is 9.42. The quantitative estimate of drug-likeness (QED) is 0.406. The van der Waals surface area contributed by atoms with Gasteiger partial charge in [-0.3, -0.25) is 4.79 Å². The number of hydrogen-bond acceptors (Lipinski definition) is 6. The molecule has 27 heavy (non-hydrogen) atoms. The Bertz CT molecular complexity index is 1370. The molecule has 5 rings (SSSR count). The molecule has 0 radical (unpaired) electrons. The monoisotopic (exact) mass is 393 g/mol. The Balaban J connectivity index is 2.02. The highest BCUT2D eigenvalue weighted by Gasteiger charge is 2.23. The summed E-state index contributed by atoms with van der Waals surface area (Å²) in [5.74, 6) is -0.0326. The molecule has 132 valence electrons. The molecule has 8 heteroatoms. The van der Waals surface area contributed by atoms with Crippen LogP contribution in [0.3, 0.4) is 0 Å². The van der Waals surface area contributed by atoms with Gasteiger partial charge in [-0.2, -0.15) is 5.10 Å². The first-order valence-electron chi connectivity index (χ1n) is 8.22. The van der Waals surface area contributed by atoms with E-state index in [2.05, 4.69) is 15.1 Å². The number of benzene rings is 1. The van der Waals surface area contributed by atoms with E-state index in [4.69, 9.17) is 16.6 Å². The predicted octanol–water partition coefficient (Wildman–Crippen LogP) is 4.72. The van der Waals surface area contributed by atoms with Gasteiger partial charge in [-0.1, -0.05) is 23.7 Å². The Morgan fingerprint density at radius 2 is 1.96 bits per heavy atom. The molecular weight excluding hydrogens is 382 g/mol. The number of carbonyl (C=O) groups excluding carboxylic acids is 1. The topological polar surface area (TPSA) is 73.0 Å². The second-order valence-electron chi connectivity index (χ2n) is 6.24. The van der Waals surface area contributed by atoms with E-state index in [1.165, 1.54) is 17.7 Å². The molecule has 0 unspecified atom stereocenters. The van der Waals surface area contributed by atoms with E-state index >= 15 is 0 Å². The number of ketones is 1. The van der Waals surface area contributed by atoms with Crippen molar-refractivity contribution in [2.45, 2.75) is 13.8 Å². The number of thiophene rings is 1. The summed E-state index contributed by atoms with van der Waals surface area (Å²) in [7, 11) is 0. The molecule has 6 nitrogen and oxygen atoms in total. The van der Waals surface area contributed by atoms with Gasteiger partial charge in [0.05, 0.1) is 11.2 Å². The summed E-state index contributed by atoms with van der Waals surface area (Å²) in [5.41, 5.74) is 4.55. The minimum atomic E-state index is -0.0326. The smallest absolute Gasteiger partial charge is 0.176 e. The second kappa shape index (κ2) is 5.80. The summed E-state index contributed by atoms with van der Waals surface area (Å²) in [6, 6.07) is 7.48. The summed E-state index contributed by atoms with van der Waals surface area (Å²) < 4.78 is 2.53. The minimum Gasteiger partial charge on any atom is -0.294 e. The fourth-order valence-electron chi connectivity index (χ4n) is 3.45. The molecule has 4 heterocycles. The summed E-state index contributed by atoms with van der Waals surface area (Å²) in [6.45, 7) is 3.42. The number of fused-ring (bicyclic) bond motifs is 5. The van der Waals surface area contributed by atoms with E-state index < -0.39 is 0 Å². The van der Waals surface area contributed by atoms with Gasteiger partial charge >= 0.3 is 0 Å². The average Bonchev–Trinajstić information content (AvgIpc) is 3.24. The second-order valence-corrected chi connectivity index (χ2v) is 7.68. The largest absolute Gasteiger partial charge is 0.294 e. The first-order chi connectivity index (χ1) is 13.0. The van der Waals surface area contributed by atoms with Crippen molar-refractivity contribution in [3.63, 3.8) is 0 Å². The molecule has 0 amide bonds. The Kier molecular flexibility index (Phi) is 3.50. The molecule has 0 saturated carbocycles. The van der Waals surface area contributed by atoms with Crippen LogP contribution in [0.1, 0.15) is 23.0 Å². The summed E-state index contributed by atoms with van der Waals surface area (Å²) in [4.78, 5) is 27.0. The van der Waals surface area contributed by atoms with Crippen LogP contribution < -0.4 is 0 Å². The molecule has 0 spiro atoms. The maximum Gasteiger partial charge on any atom is 0.176 e. The van der Waals surface area contributed by atoms with Gasteiger partial charge in [0.25, 0.3) is 0 Å². The maximum atomic E-state index is 12.5. The summed E-state index contributed by atoms with van der Waals surface area (Å²) >= 11 is 7.58. The van der Waals surface area contributed by atoms with Crippen LogP contribution in [0.4, 0.5) is 0 Å².